The predicted molar refractivity (Wildman–Crippen MR) is 118 cm³/mol. The van der Waals surface area contributed by atoms with Gasteiger partial charge in [-0.2, -0.15) is 15.2 Å². The zero-order chi connectivity index (χ0) is 21.4. The second-order valence-electron chi connectivity index (χ2n) is 7.39. The molecule has 156 valence electrons. The van der Waals surface area contributed by atoms with Crippen molar-refractivity contribution in [1.82, 2.24) is 24.8 Å². The predicted octanol–water partition coefficient (Wildman–Crippen LogP) is 1.29. The van der Waals surface area contributed by atoms with E-state index in [0.717, 1.165) is 37.6 Å². The molecule has 2 aliphatic rings. The summed E-state index contributed by atoms with van der Waals surface area (Å²) in [7, 11) is 0. The summed E-state index contributed by atoms with van der Waals surface area (Å²) in [5.74, 6) is 1.17. The molecular weight excluding hydrogens is 394 g/mol. The molecule has 10 heteroatoms. The van der Waals surface area contributed by atoms with Crippen LogP contribution >= 0.6 is 0 Å². The Morgan fingerprint density at radius 2 is 1.84 bits per heavy atom. The summed E-state index contributed by atoms with van der Waals surface area (Å²) < 4.78 is 1.83. The van der Waals surface area contributed by atoms with E-state index in [9.17, 15) is 5.11 Å². The molecule has 0 bridgehead atoms. The number of nitrogen functional groups attached to an aromatic ring is 1. The maximum atomic E-state index is 9.49. The van der Waals surface area contributed by atoms with Crippen LogP contribution < -0.4 is 20.9 Å². The molecule has 0 amide bonds. The standard InChI is InChI=1S/C21H21N9O/c22-11-14-1-2-16(12-24-14)30-13-25-18-19(23)26-21(27-20(18)30)29-9-7-28(8-10-29)15-3-5-17(31)6-4-15/h1-6,12-14,24,31H,7-10H2,(H2,23,26,27). The van der Waals surface area contributed by atoms with Gasteiger partial charge in [-0.15, -0.1) is 0 Å². The van der Waals surface area contributed by atoms with Crippen LogP contribution in [0.15, 0.2) is 48.9 Å². The van der Waals surface area contributed by atoms with Crippen molar-refractivity contribution in [3.05, 3.63) is 48.9 Å². The molecule has 1 unspecified atom stereocenters. The highest BCUT2D eigenvalue weighted by Crippen LogP contribution is 2.25. The highest BCUT2D eigenvalue weighted by Gasteiger charge is 2.22. The number of hydrogen-bond donors (Lipinski definition) is 3. The Morgan fingerprint density at radius 1 is 1.10 bits per heavy atom. The Labute approximate surface area is 178 Å². The molecule has 0 radical (unpaired) electrons. The Kier molecular flexibility index (Phi) is 4.55. The second-order valence-corrected chi connectivity index (χ2v) is 7.39. The number of phenols is 1. The number of benzene rings is 1. The molecule has 1 fully saturated rings. The summed E-state index contributed by atoms with van der Waals surface area (Å²) in [6.45, 7) is 3.10. The molecule has 2 aliphatic heterocycles. The number of piperazine rings is 1. The lowest BCUT2D eigenvalue weighted by atomic mass is 10.2. The van der Waals surface area contributed by atoms with Crippen molar-refractivity contribution >= 4 is 34.3 Å². The topological polar surface area (TPSA) is 132 Å². The van der Waals surface area contributed by atoms with E-state index >= 15 is 0 Å². The molecule has 1 atom stereocenters. The fourth-order valence-electron chi connectivity index (χ4n) is 3.77. The summed E-state index contributed by atoms with van der Waals surface area (Å²) in [4.78, 5) is 18.0. The third kappa shape index (κ3) is 3.46. The number of dihydropyridines is 1. The number of nitriles is 1. The molecule has 1 aromatic carbocycles. The quantitative estimate of drug-likeness (QED) is 0.579. The lowest BCUT2D eigenvalue weighted by Gasteiger charge is -2.36. The van der Waals surface area contributed by atoms with Crippen LogP contribution in [0.2, 0.25) is 0 Å². The van der Waals surface area contributed by atoms with Gasteiger partial charge in [0.2, 0.25) is 5.95 Å². The SMILES string of the molecule is N#CC1C=CC(n2cnc3c(N)nc(N4CCN(c5ccc(O)cc5)CC4)nc32)=CN1. The molecule has 1 saturated heterocycles. The number of nitrogens with zero attached hydrogens (tertiary/aromatic N) is 7. The van der Waals surface area contributed by atoms with Gasteiger partial charge in [0.1, 0.15) is 18.1 Å². The van der Waals surface area contributed by atoms with Crippen molar-refractivity contribution in [3.8, 4) is 11.8 Å². The van der Waals surface area contributed by atoms with E-state index in [2.05, 4.69) is 31.2 Å². The number of allylic oxidation sites excluding steroid dienone is 2. The molecular formula is C21H21N9O. The smallest absolute Gasteiger partial charge is 0.229 e. The monoisotopic (exact) mass is 415 g/mol. The highest BCUT2D eigenvalue weighted by atomic mass is 16.3. The van der Waals surface area contributed by atoms with Crippen molar-refractivity contribution in [2.75, 3.05) is 41.7 Å². The minimum absolute atomic E-state index is 0.262. The molecule has 3 aromatic rings. The van der Waals surface area contributed by atoms with Crippen LogP contribution in [0.3, 0.4) is 0 Å². The molecule has 31 heavy (non-hydrogen) atoms. The number of phenolic OH excluding ortho intramolecular Hbond substituents is 1. The first kappa shape index (κ1) is 18.7. The maximum absolute atomic E-state index is 9.49. The van der Waals surface area contributed by atoms with Gasteiger partial charge >= 0.3 is 0 Å². The first-order chi connectivity index (χ1) is 15.1. The van der Waals surface area contributed by atoms with E-state index in [1.54, 1.807) is 30.7 Å². The van der Waals surface area contributed by atoms with Crippen molar-refractivity contribution < 1.29 is 5.11 Å². The minimum Gasteiger partial charge on any atom is -0.508 e. The number of imidazole rings is 1. The highest BCUT2D eigenvalue weighted by molar-refractivity contribution is 5.86. The van der Waals surface area contributed by atoms with Gasteiger partial charge in [0.25, 0.3) is 0 Å². The van der Waals surface area contributed by atoms with Gasteiger partial charge in [-0.1, -0.05) is 0 Å². The van der Waals surface area contributed by atoms with Gasteiger partial charge in [-0.05, 0) is 36.4 Å². The number of aromatic hydroxyl groups is 1. The third-order valence-corrected chi connectivity index (χ3v) is 5.48. The number of aromatic nitrogens is 4. The number of rotatable bonds is 3. The summed E-state index contributed by atoms with van der Waals surface area (Å²) >= 11 is 0. The maximum Gasteiger partial charge on any atom is 0.229 e. The van der Waals surface area contributed by atoms with Crippen LogP contribution in [0, 0.1) is 11.3 Å². The number of anilines is 3. The van der Waals surface area contributed by atoms with Crippen LogP contribution in [0.4, 0.5) is 17.5 Å². The van der Waals surface area contributed by atoms with E-state index in [4.69, 9.17) is 16.0 Å². The first-order valence-corrected chi connectivity index (χ1v) is 9.96. The van der Waals surface area contributed by atoms with Crippen LogP contribution in [-0.2, 0) is 0 Å². The average molecular weight is 415 g/mol. The Bertz CT molecular complexity index is 1210. The third-order valence-electron chi connectivity index (χ3n) is 5.48. The van der Waals surface area contributed by atoms with E-state index in [1.807, 2.05) is 22.8 Å². The van der Waals surface area contributed by atoms with E-state index in [1.165, 1.54) is 0 Å². The molecule has 10 nitrogen and oxygen atoms in total. The van der Waals surface area contributed by atoms with E-state index in [-0.39, 0.29) is 11.8 Å². The van der Waals surface area contributed by atoms with Crippen LogP contribution in [0.5, 0.6) is 5.75 Å². The van der Waals surface area contributed by atoms with E-state index < -0.39 is 0 Å². The van der Waals surface area contributed by atoms with Gasteiger partial charge in [0, 0.05) is 38.1 Å². The van der Waals surface area contributed by atoms with Gasteiger partial charge in [0.05, 0.1) is 11.8 Å². The molecule has 0 aliphatic carbocycles. The van der Waals surface area contributed by atoms with Crippen molar-refractivity contribution in [3.63, 3.8) is 0 Å². The van der Waals surface area contributed by atoms with E-state index in [0.29, 0.717) is 22.9 Å². The Balaban J connectivity index is 1.39. The van der Waals surface area contributed by atoms with Crippen LogP contribution in [-0.4, -0.2) is 56.8 Å². The molecule has 5 rings (SSSR count). The summed E-state index contributed by atoms with van der Waals surface area (Å²) in [6, 6.07) is 9.03. The number of hydrogen-bond acceptors (Lipinski definition) is 9. The number of nitrogens with one attached hydrogen (secondary N) is 1. The van der Waals surface area contributed by atoms with Crippen LogP contribution in [0.1, 0.15) is 0 Å². The van der Waals surface area contributed by atoms with Crippen molar-refractivity contribution in [1.29, 1.82) is 5.26 Å². The molecule has 2 aromatic heterocycles. The lowest BCUT2D eigenvalue weighted by molar-refractivity contribution is 0.475. The second kappa shape index (κ2) is 7.53. The van der Waals surface area contributed by atoms with Gasteiger partial charge in [-0.25, -0.2) is 4.98 Å². The molecule has 0 spiro atoms. The molecule has 4 N–H and O–H groups in total. The van der Waals surface area contributed by atoms with Gasteiger partial charge < -0.3 is 26.0 Å². The zero-order valence-electron chi connectivity index (χ0n) is 16.7. The normalized spacial score (nSPS) is 18.5. The molecule has 4 heterocycles. The first-order valence-electron chi connectivity index (χ1n) is 9.96. The largest absolute Gasteiger partial charge is 0.508 e. The molecule has 0 saturated carbocycles. The van der Waals surface area contributed by atoms with Crippen molar-refractivity contribution in [2.45, 2.75) is 6.04 Å². The van der Waals surface area contributed by atoms with Gasteiger partial charge in [0.15, 0.2) is 17.0 Å². The number of nitrogens with two attached hydrogens (primary N) is 1. The zero-order valence-corrected chi connectivity index (χ0v) is 16.7. The average Bonchev–Trinajstić information content (AvgIpc) is 3.24. The Hall–Kier alpha value is -4.26. The summed E-state index contributed by atoms with van der Waals surface area (Å²) in [6.07, 6.45) is 7.07. The van der Waals surface area contributed by atoms with Gasteiger partial charge in [-0.3, -0.25) is 4.57 Å². The van der Waals surface area contributed by atoms with Crippen molar-refractivity contribution in [2.24, 2.45) is 0 Å². The van der Waals surface area contributed by atoms with Crippen LogP contribution in [0.25, 0.3) is 16.9 Å². The Morgan fingerprint density at radius 3 is 2.52 bits per heavy atom. The number of fused-ring (bicyclic) bond motifs is 1. The fraction of sp³-hybridized carbons (Fsp3) is 0.238. The fourth-order valence-corrected chi connectivity index (χ4v) is 3.77. The minimum atomic E-state index is -0.348. The summed E-state index contributed by atoms with van der Waals surface area (Å²) in [5, 5.41) is 21.5. The summed E-state index contributed by atoms with van der Waals surface area (Å²) in [5.41, 5.74) is 9.25. The lowest BCUT2D eigenvalue weighted by Crippen LogP contribution is -2.47.